The zero-order valence-electron chi connectivity index (χ0n) is 15.5. The van der Waals surface area contributed by atoms with Crippen molar-refractivity contribution in [2.24, 2.45) is 0 Å². The van der Waals surface area contributed by atoms with Crippen LogP contribution in [0.2, 0.25) is 0 Å². The molecule has 0 fully saturated rings. The molecule has 4 aromatic rings. The van der Waals surface area contributed by atoms with Crippen molar-refractivity contribution < 1.29 is 4.79 Å². The smallest absolute Gasteiger partial charge is 0.178 e. The zero-order valence-corrected chi connectivity index (χ0v) is 15.5. The van der Waals surface area contributed by atoms with Gasteiger partial charge in [0.1, 0.15) is 0 Å². The molecule has 27 heavy (non-hydrogen) atoms. The summed E-state index contributed by atoms with van der Waals surface area (Å²) in [5.41, 5.74) is 5.99. The van der Waals surface area contributed by atoms with Gasteiger partial charge in [-0.25, -0.2) is 0 Å². The number of hydrogen-bond acceptors (Lipinski definition) is 1. The van der Waals surface area contributed by atoms with Crippen molar-refractivity contribution >= 4 is 16.6 Å². The minimum Gasteiger partial charge on any atom is -0.293 e. The van der Waals surface area contributed by atoms with E-state index in [2.05, 4.69) is 86.6 Å². The van der Waals surface area contributed by atoms with E-state index in [4.69, 9.17) is 0 Å². The molecule has 0 bridgehead atoms. The van der Waals surface area contributed by atoms with Crippen LogP contribution in [0, 0.1) is 6.92 Å². The quantitative estimate of drug-likeness (QED) is 0.414. The van der Waals surface area contributed by atoms with Crippen LogP contribution in [0.4, 0.5) is 0 Å². The lowest BCUT2D eigenvalue weighted by Crippen LogP contribution is -2.29. The van der Waals surface area contributed by atoms with Gasteiger partial charge in [-0.05, 0) is 46.9 Å². The number of Topliss-reactive ketones (excluding diaryl/α,β-unsaturated/α-hetero) is 1. The molecule has 4 aromatic carbocycles. The molecule has 1 aliphatic carbocycles. The minimum atomic E-state index is -0.630. The maximum Gasteiger partial charge on any atom is 0.178 e. The Bertz CT molecular complexity index is 1180. The van der Waals surface area contributed by atoms with Crippen LogP contribution < -0.4 is 0 Å². The minimum absolute atomic E-state index is 0.192. The van der Waals surface area contributed by atoms with E-state index in [9.17, 15) is 4.79 Å². The third kappa shape index (κ3) is 2.21. The van der Waals surface area contributed by atoms with Gasteiger partial charge >= 0.3 is 0 Å². The van der Waals surface area contributed by atoms with E-state index in [1.807, 2.05) is 12.1 Å². The molecule has 0 saturated heterocycles. The van der Waals surface area contributed by atoms with Gasteiger partial charge in [0.25, 0.3) is 0 Å². The summed E-state index contributed by atoms with van der Waals surface area (Å²) in [6, 6.07) is 29.3. The Kier molecular flexibility index (Phi) is 3.35. The van der Waals surface area contributed by atoms with Crippen LogP contribution >= 0.6 is 0 Å². The molecule has 0 saturated carbocycles. The van der Waals surface area contributed by atoms with Crippen molar-refractivity contribution in [1.82, 2.24) is 0 Å². The topological polar surface area (TPSA) is 17.1 Å². The van der Waals surface area contributed by atoms with Crippen LogP contribution in [0.5, 0.6) is 0 Å². The number of benzene rings is 4. The van der Waals surface area contributed by atoms with Gasteiger partial charge in [0, 0.05) is 5.56 Å². The molecule has 0 heterocycles. The number of hydrogen-bond donors (Lipinski definition) is 0. The average molecular weight is 348 g/mol. The molecule has 0 N–H and O–H groups in total. The standard InChI is InChI=1S/C26H20O/c1-17-9-11-18(12-10-17)19-13-15-21(16-14-19)26(2)23-8-4-6-20-5-3-7-22(24(20)23)25(26)27/h3-16H,1-2H3. The molecule has 0 radical (unpaired) electrons. The van der Waals surface area contributed by atoms with Crippen molar-refractivity contribution in [1.29, 1.82) is 0 Å². The highest BCUT2D eigenvalue weighted by Crippen LogP contribution is 2.46. The van der Waals surface area contributed by atoms with Crippen LogP contribution in [0.1, 0.15) is 34.0 Å². The van der Waals surface area contributed by atoms with Crippen LogP contribution in [0.15, 0.2) is 84.9 Å². The van der Waals surface area contributed by atoms with Crippen LogP contribution in [0.25, 0.3) is 21.9 Å². The molecule has 5 rings (SSSR count). The van der Waals surface area contributed by atoms with Crippen molar-refractivity contribution in [2.75, 3.05) is 0 Å². The highest BCUT2D eigenvalue weighted by molar-refractivity contribution is 6.21. The molecule has 0 aromatic heterocycles. The first-order chi connectivity index (χ1) is 13.1. The third-order valence-electron chi connectivity index (χ3n) is 5.99. The summed E-state index contributed by atoms with van der Waals surface area (Å²) in [5, 5.41) is 2.24. The Morgan fingerprint density at radius 2 is 1.30 bits per heavy atom. The molecule has 1 unspecified atom stereocenters. The Hall–Kier alpha value is -3.19. The first-order valence-electron chi connectivity index (χ1n) is 9.33. The number of carbonyl (C=O) groups is 1. The van der Waals surface area contributed by atoms with Gasteiger partial charge in [-0.1, -0.05) is 90.5 Å². The fourth-order valence-electron chi connectivity index (χ4n) is 4.37. The Labute approximate surface area is 159 Å². The lowest BCUT2D eigenvalue weighted by atomic mass is 9.75. The van der Waals surface area contributed by atoms with Crippen molar-refractivity contribution in [2.45, 2.75) is 19.3 Å². The van der Waals surface area contributed by atoms with E-state index in [0.717, 1.165) is 27.5 Å². The van der Waals surface area contributed by atoms with Gasteiger partial charge in [-0.15, -0.1) is 0 Å². The van der Waals surface area contributed by atoms with E-state index < -0.39 is 5.41 Å². The predicted octanol–water partition coefficient (Wildman–Crippen LogP) is 6.32. The maximum absolute atomic E-state index is 13.4. The number of aryl methyl sites for hydroxylation is 1. The highest BCUT2D eigenvalue weighted by atomic mass is 16.1. The number of rotatable bonds is 2. The lowest BCUT2D eigenvalue weighted by Gasteiger charge is -2.25. The van der Waals surface area contributed by atoms with Gasteiger partial charge in [-0.3, -0.25) is 4.79 Å². The molecule has 0 aliphatic heterocycles. The molecule has 0 amide bonds. The lowest BCUT2D eigenvalue weighted by molar-refractivity contribution is 0.0933. The normalized spacial score (nSPS) is 18.2. The first kappa shape index (κ1) is 16.0. The summed E-state index contributed by atoms with van der Waals surface area (Å²) in [6.45, 7) is 4.16. The van der Waals surface area contributed by atoms with Crippen LogP contribution in [-0.4, -0.2) is 5.78 Å². The summed E-state index contributed by atoms with van der Waals surface area (Å²) in [5.74, 6) is 0.192. The monoisotopic (exact) mass is 348 g/mol. The molecule has 1 atom stereocenters. The van der Waals surface area contributed by atoms with Gasteiger partial charge < -0.3 is 0 Å². The second-order valence-electron chi connectivity index (χ2n) is 7.61. The Morgan fingerprint density at radius 1 is 0.704 bits per heavy atom. The summed E-state index contributed by atoms with van der Waals surface area (Å²) in [6.07, 6.45) is 0. The van der Waals surface area contributed by atoms with Crippen molar-refractivity contribution in [3.63, 3.8) is 0 Å². The fourth-order valence-corrected chi connectivity index (χ4v) is 4.37. The molecule has 130 valence electrons. The second kappa shape index (κ2) is 5.65. The second-order valence-corrected chi connectivity index (χ2v) is 7.61. The first-order valence-corrected chi connectivity index (χ1v) is 9.33. The van der Waals surface area contributed by atoms with E-state index in [-0.39, 0.29) is 5.78 Å². The van der Waals surface area contributed by atoms with Crippen molar-refractivity contribution in [3.05, 3.63) is 107 Å². The molecular weight excluding hydrogens is 328 g/mol. The van der Waals surface area contributed by atoms with Gasteiger partial charge in [0.15, 0.2) is 5.78 Å². The van der Waals surface area contributed by atoms with Gasteiger partial charge in [0.05, 0.1) is 5.41 Å². The van der Waals surface area contributed by atoms with Crippen molar-refractivity contribution in [3.8, 4) is 11.1 Å². The van der Waals surface area contributed by atoms with E-state index in [1.54, 1.807) is 0 Å². The maximum atomic E-state index is 13.4. The summed E-state index contributed by atoms with van der Waals surface area (Å²) in [7, 11) is 0. The van der Waals surface area contributed by atoms with Gasteiger partial charge in [-0.2, -0.15) is 0 Å². The van der Waals surface area contributed by atoms with Gasteiger partial charge in [0.2, 0.25) is 0 Å². The molecule has 0 spiro atoms. The fraction of sp³-hybridized carbons (Fsp3) is 0.115. The van der Waals surface area contributed by atoms with E-state index in [1.165, 1.54) is 16.7 Å². The highest BCUT2D eigenvalue weighted by Gasteiger charge is 2.44. The Balaban J connectivity index is 1.64. The van der Waals surface area contributed by atoms with E-state index >= 15 is 0 Å². The van der Waals surface area contributed by atoms with E-state index in [0.29, 0.717) is 0 Å². The summed E-state index contributed by atoms with van der Waals surface area (Å²) in [4.78, 5) is 13.4. The summed E-state index contributed by atoms with van der Waals surface area (Å²) >= 11 is 0. The Morgan fingerprint density at radius 3 is 1.96 bits per heavy atom. The van der Waals surface area contributed by atoms with Crippen LogP contribution in [0.3, 0.4) is 0 Å². The number of carbonyl (C=O) groups excluding carboxylic acids is 1. The molecule has 1 aliphatic rings. The average Bonchev–Trinajstić information content (AvgIpc) is 2.94. The predicted molar refractivity (Wildman–Crippen MR) is 111 cm³/mol. The number of ketones is 1. The molecule has 1 heteroatoms. The summed E-state index contributed by atoms with van der Waals surface area (Å²) < 4.78 is 0. The van der Waals surface area contributed by atoms with Crippen LogP contribution in [-0.2, 0) is 5.41 Å². The molecule has 1 nitrogen and oxygen atoms in total. The zero-order chi connectivity index (χ0) is 18.6. The largest absolute Gasteiger partial charge is 0.293 e. The molecular formula is C26H20O. The third-order valence-corrected chi connectivity index (χ3v) is 5.99. The SMILES string of the molecule is Cc1ccc(-c2ccc(C3(C)C(=O)c4cccc5cccc3c45)cc2)cc1.